The average molecular weight is 432 g/mol. The van der Waals surface area contributed by atoms with Crippen LogP contribution in [-0.2, 0) is 26.3 Å². The van der Waals surface area contributed by atoms with Crippen LogP contribution in [0.2, 0.25) is 0 Å². The Morgan fingerprint density at radius 3 is 2.44 bits per heavy atom. The fourth-order valence-electron chi connectivity index (χ4n) is 3.01. The number of nitriles is 1. The van der Waals surface area contributed by atoms with Crippen molar-refractivity contribution in [1.82, 2.24) is 0 Å². The lowest BCUT2D eigenvalue weighted by Crippen LogP contribution is -2.37. The summed E-state index contributed by atoms with van der Waals surface area (Å²) in [5.41, 5.74) is -0.874. The molecule has 1 aliphatic rings. The third-order valence-electron chi connectivity index (χ3n) is 4.53. The van der Waals surface area contributed by atoms with Gasteiger partial charge in [0.2, 0.25) is 6.29 Å². The van der Waals surface area contributed by atoms with E-state index in [1.165, 1.54) is 12.1 Å². The molecule has 0 bridgehead atoms. The van der Waals surface area contributed by atoms with Gasteiger partial charge in [-0.2, -0.15) is 5.26 Å². The highest BCUT2D eigenvalue weighted by Crippen LogP contribution is 2.44. The SMILES string of the molecule is CC(C)(C)[C@@H]1OC(=O)[C@](Cc2c(F)ccc(C#N)c2Br)(c2ccccc2)O1. The number of nitrogens with zero attached hydrogens (tertiary/aromatic N) is 1. The molecule has 0 aliphatic carbocycles. The molecule has 0 radical (unpaired) electrons. The van der Waals surface area contributed by atoms with Crippen LogP contribution in [0.3, 0.4) is 0 Å². The molecule has 1 saturated heterocycles. The number of hydrogen-bond acceptors (Lipinski definition) is 4. The second-order valence-electron chi connectivity index (χ2n) is 7.59. The van der Waals surface area contributed by atoms with Crippen molar-refractivity contribution in [3.05, 3.63) is 69.4 Å². The maximum absolute atomic E-state index is 14.6. The number of halogens is 2. The summed E-state index contributed by atoms with van der Waals surface area (Å²) in [7, 11) is 0. The van der Waals surface area contributed by atoms with Crippen molar-refractivity contribution >= 4 is 21.9 Å². The van der Waals surface area contributed by atoms with Crippen LogP contribution in [0.15, 0.2) is 46.9 Å². The zero-order chi connectivity index (χ0) is 19.8. The molecule has 0 spiro atoms. The van der Waals surface area contributed by atoms with E-state index in [0.717, 1.165) is 0 Å². The molecule has 0 N–H and O–H groups in total. The monoisotopic (exact) mass is 431 g/mol. The van der Waals surface area contributed by atoms with Gasteiger partial charge < -0.3 is 9.47 Å². The Morgan fingerprint density at radius 2 is 1.89 bits per heavy atom. The molecule has 3 rings (SSSR count). The summed E-state index contributed by atoms with van der Waals surface area (Å²) in [5.74, 6) is -1.09. The van der Waals surface area contributed by atoms with Crippen molar-refractivity contribution in [1.29, 1.82) is 5.26 Å². The number of carbonyl (C=O) groups excluding carboxylic acids is 1. The molecule has 4 nitrogen and oxygen atoms in total. The maximum atomic E-state index is 14.6. The molecule has 0 aromatic heterocycles. The number of esters is 1. The molecule has 1 aliphatic heterocycles. The Kier molecular flexibility index (Phi) is 5.11. The van der Waals surface area contributed by atoms with Crippen LogP contribution in [-0.4, -0.2) is 12.3 Å². The highest BCUT2D eigenvalue weighted by Gasteiger charge is 2.55. The van der Waals surface area contributed by atoms with E-state index >= 15 is 0 Å². The van der Waals surface area contributed by atoms with Crippen LogP contribution in [0.4, 0.5) is 4.39 Å². The number of hydrogen-bond donors (Lipinski definition) is 0. The zero-order valence-electron chi connectivity index (χ0n) is 15.3. The van der Waals surface area contributed by atoms with Crippen LogP contribution in [0.5, 0.6) is 0 Å². The molecule has 140 valence electrons. The van der Waals surface area contributed by atoms with Gasteiger partial charge in [-0.3, -0.25) is 0 Å². The Hall–Kier alpha value is -2.23. The number of cyclic esters (lactones) is 1. The van der Waals surface area contributed by atoms with Gasteiger partial charge in [-0.05, 0) is 33.6 Å². The minimum Gasteiger partial charge on any atom is -0.433 e. The van der Waals surface area contributed by atoms with Crippen LogP contribution in [0.1, 0.15) is 37.5 Å². The molecule has 1 heterocycles. The van der Waals surface area contributed by atoms with E-state index in [2.05, 4.69) is 15.9 Å². The topological polar surface area (TPSA) is 59.3 Å². The van der Waals surface area contributed by atoms with Crippen molar-refractivity contribution in [2.75, 3.05) is 0 Å². The highest BCUT2D eigenvalue weighted by molar-refractivity contribution is 9.10. The highest BCUT2D eigenvalue weighted by atomic mass is 79.9. The van der Waals surface area contributed by atoms with Crippen molar-refractivity contribution in [2.24, 2.45) is 5.41 Å². The van der Waals surface area contributed by atoms with Crippen molar-refractivity contribution in [2.45, 2.75) is 39.1 Å². The fraction of sp³-hybridized carbons (Fsp3) is 0.333. The van der Waals surface area contributed by atoms with Gasteiger partial charge in [-0.1, -0.05) is 51.1 Å². The Balaban J connectivity index is 2.14. The first kappa shape index (κ1) is 19.5. The molecule has 2 aromatic rings. The predicted molar refractivity (Wildman–Crippen MR) is 101 cm³/mol. The van der Waals surface area contributed by atoms with E-state index in [1.807, 2.05) is 32.9 Å². The van der Waals surface area contributed by atoms with Gasteiger partial charge in [-0.15, -0.1) is 0 Å². The van der Waals surface area contributed by atoms with E-state index in [0.29, 0.717) is 10.0 Å². The van der Waals surface area contributed by atoms with Gasteiger partial charge in [0, 0.05) is 21.9 Å². The minimum absolute atomic E-state index is 0.0929. The first-order valence-electron chi connectivity index (χ1n) is 8.50. The summed E-state index contributed by atoms with van der Waals surface area (Å²) in [6.45, 7) is 5.70. The summed E-state index contributed by atoms with van der Waals surface area (Å²) in [5, 5.41) is 9.25. The van der Waals surface area contributed by atoms with Crippen molar-refractivity contribution in [3.8, 4) is 6.07 Å². The molecule has 0 unspecified atom stereocenters. The second kappa shape index (κ2) is 7.06. The Morgan fingerprint density at radius 1 is 1.22 bits per heavy atom. The second-order valence-corrected chi connectivity index (χ2v) is 8.38. The van der Waals surface area contributed by atoms with Gasteiger partial charge in [-0.25, -0.2) is 9.18 Å². The average Bonchev–Trinajstić information content (AvgIpc) is 2.97. The lowest BCUT2D eigenvalue weighted by molar-refractivity contribution is -0.156. The van der Waals surface area contributed by atoms with Crippen molar-refractivity contribution in [3.63, 3.8) is 0 Å². The smallest absolute Gasteiger partial charge is 0.345 e. The fourth-order valence-corrected chi connectivity index (χ4v) is 3.56. The summed E-state index contributed by atoms with van der Waals surface area (Å²) < 4.78 is 26.6. The van der Waals surface area contributed by atoms with Crippen LogP contribution < -0.4 is 0 Å². The van der Waals surface area contributed by atoms with Gasteiger partial charge in [0.15, 0.2) is 5.60 Å². The first-order valence-corrected chi connectivity index (χ1v) is 9.30. The molecular weight excluding hydrogens is 413 g/mol. The lowest BCUT2D eigenvalue weighted by Gasteiger charge is -2.29. The molecular formula is C21H19BrFNO3. The third kappa shape index (κ3) is 3.50. The number of carbonyl (C=O) groups is 1. The van der Waals surface area contributed by atoms with E-state index in [-0.39, 0.29) is 17.5 Å². The Bertz CT molecular complexity index is 918. The van der Waals surface area contributed by atoms with Gasteiger partial charge in [0.1, 0.15) is 11.9 Å². The van der Waals surface area contributed by atoms with Crippen molar-refractivity contribution < 1.29 is 18.7 Å². The summed E-state index contributed by atoms with van der Waals surface area (Å²) in [6.07, 6.45) is -0.865. The van der Waals surface area contributed by atoms with E-state index < -0.39 is 29.1 Å². The minimum atomic E-state index is -1.49. The van der Waals surface area contributed by atoms with Crippen LogP contribution in [0.25, 0.3) is 0 Å². The molecule has 27 heavy (non-hydrogen) atoms. The number of benzene rings is 2. The Labute approximate surface area is 166 Å². The quantitative estimate of drug-likeness (QED) is 0.652. The largest absolute Gasteiger partial charge is 0.433 e. The molecule has 2 aromatic carbocycles. The first-order chi connectivity index (χ1) is 12.7. The summed E-state index contributed by atoms with van der Waals surface area (Å²) >= 11 is 3.30. The van der Waals surface area contributed by atoms with E-state index in [1.54, 1.807) is 24.3 Å². The maximum Gasteiger partial charge on any atom is 0.345 e. The van der Waals surface area contributed by atoms with E-state index in [4.69, 9.17) is 9.47 Å². The number of ether oxygens (including phenoxy) is 2. The van der Waals surface area contributed by atoms with Gasteiger partial charge >= 0.3 is 5.97 Å². The molecule has 0 amide bonds. The molecule has 6 heteroatoms. The molecule has 1 fully saturated rings. The normalized spacial score (nSPS) is 22.4. The zero-order valence-corrected chi connectivity index (χ0v) is 16.8. The predicted octanol–water partition coefficient (Wildman–Crippen LogP) is 4.84. The van der Waals surface area contributed by atoms with Gasteiger partial charge in [0.25, 0.3) is 0 Å². The van der Waals surface area contributed by atoms with Gasteiger partial charge in [0.05, 0.1) is 5.56 Å². The molecule has 0 saturated carbocycles. The molecule has 2 atom stereocenters. The standard InChI is InChI=1S/C21H19BrFNO3/c1-20(2,3)19-26-18(25)21(27-19,14-7-5-4-6-8-14)11-15-16(23)10-9-13(12-24)17(15)22/h4-10,19H,11H2,1-3H3/t19-,21+/m1/s1. The lowest BCUT2D eigenvalue weighted by atomic mass is 9.86. The van der Waals surface area contributed by atoms with Crippen LogP contribution in [0, 0.1) is 22.6 Å². The summed E-state index contributed by atoms with van der Waals surface area (Å²) in [6, 6.07) is 13.5. The third-order valence-corrected chi connectivity index (χ3v) is 5.44. The number of rotatable bonds is 3. The van der Waals surface area contributed by atoms with Crippen LogP contribution >= 0.6 is 15.9 Å². The summed E-state index contributed by atoms with van der Waals surface area (Å²) in [4.78, 5) is 13.0. The van der Waals surface area contributed by atoms with E-state index in [9.17, 15) is 14.4 Å².